The zero-order chi connectivity index (χ0) is 18.8. The number of carbonyl (C=O) groups is 1. The van der Waals surface area contributed by atoms with Gasteiger partial charge in [0.25, 0.3) is 0 Å². The molecule has 1 aliphatic rings. The van der Waals surface area contributed by atoms with Crippen LogP contribution in [0.3, 0.4) is 0 Å². The maximum Gasteiger partial charge on any atom is 0.227 e. The number of rotatable bonds is 6. The number of para-hydroxylation sites is 4. The zero-order valence-corrected chi connectivity index (χ0v) is 15.9. The van der Waals surface area contributed by atoms with E-state index in [-0.39, 0.29) is 11.8 Å². The molecule has 3 aromatic rings. The van der Waals surface area contributed by atoms with E-state index in [9.17, 15) is 4.79 Å². The molecular formula is C22H25N3O2. The molecule has 0 aliphatic carbocycles. The number of methoxy groups -OCH3 is 1. The first-order chi connectivity index (χ1) is 13.2. The summed E-state index contributed by atoms with van der Waals surface area (Å²) in [5.74, 6) is 1.96. The van der Waals surface area contributed by atoms with E-state index in [4.69, 9.17) is 9.72 Å². The largest absolute Gasteiger partial charge is 0.495 e. The average molecular weight is 363 g/mol. The van der Waals surface area contributed by atoms with E-state index in [1.165, 1.54) is 0 Å². The highest BCUT2D eigenvalue weighted by Crippen LogP contribution is 2.37. The number of carbonyl (C=O) groups excluding carboxylic acids is 1. The molecule has 1 saturated heterocycles. The standard InChI is InChI=1S/C22H25N3O2/c1-3-4-13-24-18-10-6-5-9-17(18)23-22(24)16-14-21(26)25(15-16)19-11-7-8-12-20(19)27-2/h5-12,16H,3-4,13-15H2,1-2H3/t16-/m0/s1. The molecule has 1 atom stereocenters. The second kappa shape index (κ2) is 7.43. The highest BCUT2D eigenvalue weighted by molar-refractivity contribution is 5.97. The summed E-state index contributed by atoms with van der Waals surface area (Å²) in [5, 5.41) is 0. The van der Waals surface area contributed by atoms with E-state index in [2.05, 4.69) is 29.7 Å². The molecule has 140 valence electrons. The number of aryl methyl sites for hydroxylation is 1. The van der Waals surface area contributed by atoms with Crippen molar-refractivity contribution in [3.05, 3.63) is 54.4 Å². The van der Waals surface area contributed by atoms with Gasteiger partial charge in [-0.3, -0.25) is 4.79 Å². The van der Waals surface area contributed by atoms with Crippen molar-refractivity contribution in [3.8, 4) is 5.75 Å². The van der Waals surface area contributed by atoms with Crippen molar-refractivity contribution in [2.45, 2.75) is 38.6 Å². The van der Waals surface area contributed by atoms with Crippen LogP contribution in [0.25, 0.3) is 11.0 Å². The highest BCUT2D eigenvalue weighted by atomic mass is 16.5. The molecule has 5 nitrogen and oxygen atoms in total. The van der Waals surface area contributed by atoms with Gasteiger partial charge in [-0.15, -0.1) is 0 Å². The summed E-state index contributed by atoms with van der Waals surface area (Å²) in [6.07, 6.45) is 2.71. The number of imidazole rings is 1. The molecule has 2 aromatic carbocycles. The predicted octanol–water partition coefficient (Wildman–Crippen LogP) is 4.37. The molecular weight excluding hydrogens is 338 g/mol. The summed E-state index contributed by atoms with van der Waals surface area (Å²) in [7, 11) is 1.64. The molecule has 1 aromatic heterocycles. The summed E-state index contributed by atoms with van der Waals surface area (Å²) in [5.41, 5.74) is 3.00. The van der Waals surface area contributed by atoms with Crippen molar-refractivity contribution < 1.29 is 9.53 Å². The van der Waals surface area contributed by atoms with E-state index >= 15 is 0 Å². The summed E-state index contributed by atoms with van der Waals surface area (Å²) in [6.45, 7) is 3.77. The van der Waals surface area contributed by atoms with E-state index in [1.807, 2.05) is 35.2 Å². The molecule has 4 rings (SSSR count). The van der Waals surface area contributed by atoms with Gasteiger partial charge in [-0.1, -0.05) is 37.6 Å². The van der Waals surface area contributed by atoms with Gasteiger partial charge in [0.1, 0.15) is 11.6 Å². The van der Waals surface area contributed by atoms with Crippen LogP contribution < -0.4 is 9.64 Å². The van der Waals surface area contributed by atoms with Crippen LogP contribution in [0.15, 0.2) is 48.5 Å². The fourth-order valence-electron chi connectivity index (χ4n) is 3.92. The van der Waals surface area contributed by atoms with Crippen LogP contribution in [0.2, 0.25) is 0 Å². The second-order valence-corrected chi connectivity index (χ2v) is 7.04. The fourth-order valence-corrected chi connectivity index (χ4v) is 3.92. The minimum absolute atomic E-state index is 0.0895. The molecule has 1 fully saturated rings. The molecule has 2 heterocycles. The Morgan fingerprint density at radius 3 is 2.74 bits per heavy atom. The van der Waals surface area contributed by atoms with Crippen LogP contribution in [0.4, 0.5) is 5.69 Å². The van der Waals surface area contributed by atoms with Gasteiger partial charge in [0, 0.05) is 25.4 Å². The summed E-state index contributed by atoms with van der Waals surface area (Å²) in [6, 6.07) is 15.9. The first-order valence-electron chi connectivity index (χ1n) is 9.61. The molecule has 0 N–H and O–H groups in total. The molecule has 0 unspecified atom stereocenters. The van der Waals surface area contributed by atoms with Crippen molar-refractivity contribution in [2.75, 3.05) is 18.6 Å². The highest BCUT2D eigenvalue weighted by Gasteiger charge is 2.35. The Kier molecular flexibility index (Phi) is 4.84. The lowest BCUT2D eigenvalue weighted by molar-refractivity contribution is -0.117. The van der Waals surface area contributed by atoms with Gasteiger partial charge in [-0.05, 0) is 30.7 Å². The smallest absolute Gasteiger partial charge is 0.227 e. The summed E-state index contributed by atoms with van der Waals surface area (Å²) < 4.78 is 7.77. The number of aromatic nitrogens is 2. The lowest BCUT2D eigenvalue weighted by atomic mass is 10.1. The monoisotopic (exact) mass is 363 g/mol. The van der Waals surface area contributed by atoms with Crippen LogP contribution in [-0.2, 0) is 11.3 Å². The van der Waals surface area contributed by atoms with Crippen LogP contribution in [0.5, 0.6) is 5.75 Å². The Morgan fingerprint density at radius 2 is 1.93 bits per heavy atom. The van der Waals surface area contributed by atoms with Gasteiger partial charge < -0.3 is 14.2 Å². The third kappa shape index (κ3) is 3.18. The molecule has 5 heteroatoms. The molecule has 0 radical (unpaired) electrons. The Hall–Kier alpha value is -2.82. The number of unbranched alkanes of at least 4 members (excludes halogenated alkanes) is 1. The Balaban J connectivity index is 1.69. The van der Waals surface area contributed by atoms with Gasteiger partial charge in [0.15, 0.2) is 0 Å². The lowest BCUT2D eigenvalue weighted by Gasteiger charge is -2.19. The van der Waals surface area contributed by atoms with E-state index in [1.54, 1.807) is 7.11 Å². The van der Waals surface area contributed by atoms with Crippen LogP contribution in [-0.4, -0.2) is 29.1 Å². The van der Waals surface area contributed by atoms with Crippen molar-refractivity contribution in [2.24, 2.45) is 0 Å². The van der Waals surface area contributed by atoms with Gasteiger partial charge in [0.05, 0.1) is 23.8 Å². The predicted molar refractivity (Wildman–Crippen MR) is 107 cm³/mol. The Bertz CT molecular complexity index is 963. The van der Waals surface area contributed by atoms with Crippen LogP contribution in [0.1, 0.15) is 37.9 Å². The minimum atomic E-state index is 0.0895. The van der Waals surface area contributed by atoms with Crippen LogP contribution in [0, 0.1) is 0 Å². The zero-order valence-electron chi connectivity index (χ0n) is 15.9. The quantitative estimate of drug-likeness (QED) is 0.653. The SMILES string of the molecule is CCCCn1c([C@H]2CC(=O)N(c3ccccc3OC)C2)nc2ccccc21. The number of ether oxygens (including phenoxy) is 1. The number of amides is 1. The third-order valence-electron chi connectivity index (χ3n) is 5.29. The first-order valence-corrected chi connectivity index (χ1v) is 9.61. The number of hydrogen-bond acceptors (Lipinski definition) is 3. The van der Waals surface area contributed by atoms with E-state index in [0.29, 0.717) is 13.0 Å². The maximum absolute atomic E-state index is 12.8. The number of nitrogens with zero attached hydrogens (tertiary/aromatic N) is 3. The number of benzene rings is 2. The molecule has 27 heavy (non-hydrogen) atoms. The van der Waals surface area contributed by atoms with Gasteiger partial charge >= 0.3 is 0 Å². The summed E-state index contributed by atoms with van der Waals surface area (Å²) >= 11 is 0. The molecule has 0 bridgehead atoms. The van der Waals surface area contributed by atoms with Gasteiger partial charge in [-0.2, -0.15) is 0 Å². The fraction of sp³-hybridized carbons (Fsp3) is 0.364. The molecule has 0 saturated carbocycles. The Labute approximate surface area is 159 Å². The topological polar surface area (TPSA) is 47.4 Å². The van der Waals surface area contributed by atoms with E-state index in [0.717, 1.165) is 47.7 Å². The maximum atomic E-state index is 12.8. The minimum Gasteiger partial charge on any atom is -0.495 e. The normalized spacial score (nSPS) is 17.0. The molecule has 0 spiro atoms. The molecule has 1 amide bonds. The lowest BCUT2D eigenvalue weighted by Crippen LogP contribution is -2.25. The average Bonchev–Trinajstić information content (AvgIpc) is 3.26. The summed E-state index contributed by atoms with van der Waals surface area (Å²) in [4.78, 5) is 19.5. The van der Waals surface area contributed by atoms with Gasteiger partial charge in [-0.25, -0.2) is 4.98 Å². The third-order valence-corrected chi connectivity index (χ3v) is 5.29. The number of fused-ring (bicyclic) bond motifs is 1. The van der Waals surface area contributed by atoms with Gasteiger partial charge in [0.2, 0.25) is 5.91 Å². The number of anilines is 1. The van der Waals surface area contributed by atoms with Crippen molar-refractivity contribution in [3.63, 3.8) is 0 Å². The van der Waals surface area contributed by atoms with Crippen molar-refractivity contribution in [1.82, 2.24) is 9.55 Å². The Morgan fingerprint density at radius 1 is 1.15 bits per heavy atom. The first kappa shape index (κ1) is 17.6. The van der Waals surface area contributed by atoms with Crippen molar-refractivity contribution in [1.29, 1.82) is 0 Å². The number of hydrogen-bond donors (Lipinski definition) is 0. The van der Waals surface area contributed by atoms with E-state index < -0.39 is 0 Å². The second-order valence-electron chi connectivity index (χ2n) is 7.04. The van der Waals surface area contributed by atoms with Crippen LogP contribution >= 0.6 is 0 Å². The molecule has 1 aliphatic heterocycles. The van der Waals surface area contributed by atoms with Crippen molar-refractivity contribution >= 4 is 22.6 Å².